The SMILES string of the molecule is Cc1cccc(NC(=O)[C@@H]2CC2(c2ccccc2)c2ccccc2)c1. The molecule has 3 aromatic rings. The Morgan fingerprint density at radius 1 is 0.880 bits per heavy atom. The average Bonchev–Trinajstić information content (AvgIpc) is 3.40. The number of anilines is 1. The van der Waals surface area contributed by atoms with Crippen LogP contribution < -0.4 is 5.32 Å². The Morgan fingerprint density at radius 2 is 1.48 bits per heavy atom. The molecule has 1 N–H and O–H groups in total. The van der Waals surface area contributed by atoms with Gasteiger partial charge in [-0.2, -0.15) is 0 Å². The highest BCUT2D eigenvalue weighted by atomic mass is 16.2. The zero-order valence-corrected chi connectivity index (χ0v) is 14.3. The molecule has 1 aliphatic rings. The molecule has 0 heterocycles. The van der Waals surface area contributed by atoms with E-state index in [4.69, 9.17) is 0 Å². The molecule has 1 aliphatic carbocycles. The number of nitrogens with one attached hydrogen (secondary N) is 1. The molecule has 2 heteroatoms. The maximum atomic E-state index is 12.9. The number of hydrogen-bond acceptors (Lipinski definition) is 1. The van der Waals surface area contributed by atoms with E-state index in [0.29, 0.717) is 0 Å². The summed E-state index contributed by atoms with van der Waals surface area (Å²) < 4.78 is 0. The summed E-state index contributed by atoms with van der Waals surface area (Å²) in [6, 6.07) is 28.7. The van der Waals surface area contributed by atoms with Gasteiger partial charge in [-0.15, -0.1) is 0 Å². The molecule has 0 aliphatic heterocycles. The lowest BCUT2D eigenvalue weighted by atomic mass is 9.85. The highest BCUT2D eigenvalue weighted by molar-refractivity contribution is 5.97. The number of hydrogen-bond donors (Lipinski definition) is 1. The van der Waals surface area contributed by atoms with Gasteiger partial charge < -0.3 is 5.32 Å². The molecule has 0 radical (unpaired) electrons. The van der Waals surface area contributed by atoms with Gasteiger partial charge in [0.25, 0.3) is 0 Å². The molecule has 3 aromatic carbocycles. The number of amides is 1. The minimum Gasteiger partial charge on any atom is -0.326 e. The zero-order chi connectivity index (χ0) is 17.3. The van der Waals surface area contributed by atoms with Gasteiger partial charge >= 0.3 is 0 Å². The summed E-state index contributed by atoms with van der Waals surface area (Å²) in [4.78, 5) is 12.9. The Kier molecular flexibility index (Phi) is 3.89. The van der Waals surface area contributed by atoms with Crippen LogP contribution in [0.5, 0.6) is 0 Å². The summed E-state index contributed by atoms with van der Waals surface area (Å²) in [6.45, 7) is 2.03. The number of carbonyl (C=O) groups excluding carboxylic acids is 1. The summed E-state index contributed by atoms with van der Waals surface area (Å²) in [5.41, 5.74) is 4.23. The maximum Gasteiger partial charge on any atom is 0.228 e. The van der Waals surface area contributed by atoms with E-state index in [1.54, 1.807) is 0 Å². The van der Waals surface area contributed by atoms with Crippen LogP contribution in [0.25, 0.3) is 0 Å². The van der Waals surface area contributed by atoms with E-state index in [-0.39, 0.29) is 17.2 Å². The maximum absolute atomic E-state index is 12.9. The fourth-order valence-electron chi connectivity index (χ4n) is 3.81. The second-order valence-corrected chi connectivity index (χ2v) is 6.82. The first-order chi connectivity index (χ1) is 12.2. The normalized spacial score (nSPS) is 17.7. The van der Waals surface area contributed by atoms with Crippen LogP contribution in [0, 0.1) is 12.8 Å². The number of rotatable bonds is 4. The fraction of sp³-hybridized carbons (Fsp3) is 0.174. The lowest BCUT2D eigenvalue weighted by Crippen LogP contribution is -2.22. The Labute approximate surface area is 148 Å². The second-order valence-electron chi connectivity index (χ2n) is 6.82. The van der Waals surface area contributed by atoms with E-state index in [2.05, 4.69) is 29.6 Å². The Balaban J connectivity index is 1.65. The fourth-order valence-corrected chi connectivity index (χ4v) is 3.81. The summed E-state index contributed by atoms with van der Waals surface area (Å²) in [6.07, 6.45) is 0.846. The van der Waals surface area contributed by atoms with Gasteiger partial charge in [-0.05, 0) is 42.2 Å². The van der Waals surface area contributed by atoms with Gasteiger partial charge in [-0.3, -0.25) is 4.79 Å². The first-order valence-electron chi connectivity index (χ1n) is 8.69. The van der Waals surface area contributed by atoms with Crippen molar-refractivity contribution in [3.8, 4) is 0 Å². The average molecular weight is 327 g/mol. The first-order valence-corrected chi connectivity index (χ1v) is 8.69. The molecule has 124 valence electrons. The molecule has 2 nitrogen and oxygen atoms in total. The minimum atomic E-state index is -0.212. The van der Waals surface area contributed by atoms with Crippen molar-refractivity contribution in [2.75, 3.05) is 5.32 Å². The van der Waals surface area contributed by atoms with Crippen LogP contribution in [0.3, 0.4) is 0 Å². The third-order valence-corrected chi connectivity index (χ3v) is 5.14. The Hall–Kier alpha value is -2.87. The zero-order valence-electron chi connectivity index (χ0n) is 14.3. The molecule has 0 aromatic heterocycles. The highest BCUT2D eigenvalue weighted by Crippen LogP contribution is 2.59. The Morgan fingerprint density at radius 3 is 2.04 bits per heavy atom. The molecule has 1 saturated carbocycles. The summed E-state index contributed by atoms with van der Waals surface area (Å²) in [5.74, 6) is 0.0520. The molecular formula is C23H21NO. The molecule has 1 atom stereocenters. The third-order valence-electron chi connectivity index (χ3n) is 5.14. The number of benzene rings is 3. The van der Waals surface area contributed by atoms with Crippen LogP contribution in [0.15, 0.2) is 84.9 Å². The lowest BCUT2D eigenvalue weighted by Gasteiger charge is -2.19. The number of aryl methyl sites for hydroxylation is 1. The van der Waals surface area contributed by atoms with E-state index >= 15 is 0 Å². The summed E-state index contributed by atoms with van der Waals surface area (Å²) in [5, 5.41) is 3.10. The molecule has 1 fully saturated rings. The van der Waals surface area contributed by atoms with Crippen LogP contribution in [0.4, 0.5) is 5.69 Å². The van der Waals surface area contributed by atoms with Crippen molar-refractivity contribution >= 4 is 11.6 Å². The monoisotopic (exact) mass is 327 g/mol. The second kappa shape index (κ2) is 6.21. The first kappa shape index (κ1) is 15.6. The van der Waals surface area contributed by atoms with Crippen molar-refractivity contribution in [2.45, 2.75) is 18.8 Å². The van der Waals surface area contributed by atoms with Crippen LogP contribution in [0.1, 0.15) is 23.1 Å². The van der Waals surface area contributed by atoms with E-state index in [1.165, 1.54) is 11.1 Å². The lowest BCUT2D eigenvalue weighted by molar-refractivity contribution is -0.117. The highest BCUT2D eigenvalue weighted by Gasteiger charge is 2.60. The van der Waals surface area contributed by atoms with Crippen molar-refractivity contribution in [3.05, 3.63) is 102 Å². The predicted molar refractivity (Wildman–Crippen MR) is 102 cm³/mol. The molecule has 1 amide bonds. The van der Waals surface area contributed by atoms with Crippen molar-refractivity contribution in [1.82, 2.24) is 0 Å². The van der Waals surface area contributed by atoms with E-state index in [9.17, 15) is 4.79 Å². The van der Waals surface area contributed by atoms with Crippen molar-refractivity contribution in [1.29, 1.82) is 0 Å². The molecule has 0 spiro atoms. The van der Waals surface area contributed by atoms with Gasteiger partial charge in [-0.25, -0.2) is 0 Å². The summed E-state index contributed by atoms with van der Waals surface area (Å²) in [7, 11) is 0. The minimum absolute atomic E-state index is 0.0437. The van der Waals surface area contributed by atoms with Crippen molar-refractivity contribution in [2.24, 2.45) is 5.92 Å². The van der Waals surface area contributed by atoms with Crippen molar-refractivity contribution < 1.29 is 4.79 Å². The summed E-state index contributed by atoms with van der Waals surface area (Å²) >= 11 is 0. The Bertz CT molecular complexity index is 847. The third kappa shape index (κ3) is 2.85. The van der Waals surface area contributed by atoms with Crippen molar-refractivity contribution in [3.63, 3.8) is 0 Å². The van der Waals surface area contributed by atoms with Crippen LogP contribution in [-0.4, -0.2) is 5.91 Å². The largest absolute Gasteiger partial charge is 0.326 e. The van der Waals surface area contributed by atoms with Gasteiger partial charge in [0.15, 0.2) is 0 Å². The number of carbonyl (C=O) groups is 1. The van der Waals surface area contributed by atoms with Gasteiger partial charge in [0.05, 0.1) is 5.92 Å². The molecule has 25 heavy (non-hydrogen) atoms. The van der Waals surface area contributed by atoms with Gasteiger partial charge in [0.2, 0.25) is 5.91 Å². The quantitative estimate of drug-likeness (QED) is 0.722. The molecule has 0 saturated heterocycles. The van der Waals surface area contributed by atoms with Crippen LogP contribution in [0.2, 0.25) is 0 Å². The van der Waals surface area contributed by atoms with E-state index < -0.39 is 0 Å². The van der Waals surface area contributed by atoms with Gasteiger partial charge in [0.1, 0.15) is 0 Å². The molecule has 4 rings (SSSR count). The van der Waals surface area contributed by atoms with Crippen LogP contribution >= 0.6 is 0 Å². The molecular weight excluding hydrogens is 306 g/mol. The smallest absolute Gasteiger partial charge is 0.228 e. The van der Waals surface area contributed by atoms with Crippen LogP contribution in [-0.2, 0) is 10.2 Å². The van der Waals surface area contributed by atoms with Gasteiger partial charge in [-0.1, -0.05) is 72.8 Å². The standard InChI is InChI=1S/C23H21NO/c1-17-9-8-14-20(15-17)24-22(25)21-16-23(21,18-10-4-2-5-11-18)19-12-6-3-7-13-19/h2-15,21H,16H2,1H3,(H,24,25)/t21-/m0/s1. The predicted octanol–water partition coefficient (Wildman–Crippen LogP) is 4.94. The topological polar surface area (TPSA) is 29.1 Å². The molecule has 0 unspecified atom stereocenters. The van der Waals surface area contributed by atoms with E-state index in [1.807, 2.05) is 67.6 Å². The van der Waals surface area contributed by atoms with E-state index in [0.717, 1.165) is 17.7 Å². The van der Waals surface area contributed by atoms with Gasteiger partial charge in [0, 0.05) is 11.1 Å². The molecule has 0 bridgehead atoms.